The van der Waals surface area contributed by atoms with Gasteiger partial charge in [-0.2, -0.15) is 0 Å². The third-order valence-electron chi connectivity index (χ3n) is 6.51. The van der Waals surface area contributed by atoms with E-state index in [0.29, 0.717) is 6.61 Å². The van der Waals surface area contributed by atoms with Gasteiger partial charge in [0, 0.05) is 5.56 Å². The summed E-state index contributed by atoms with van der Waals surface area (Å²) in [6.45, 7) is 15.8. The summed E-state index contributed by atoms with van der Waals surface area (Å²) in [7, 11) is -0.332. The molecule has 0 atom stereocenters. The first-order chi connectivity index (χ1) is 14.3. The summed E-state index contributed by atoms with van der Waals surface area (Å²) in [4.78, 5) is 0. The fraction of sp³-hybridized carbons (Fsp3) is 0.407. The van der Waals surface area contributed by atoms with Crippen LogP contribution < -0.4 is 19.8 Å². The van der Waals surface area contributed by atoms with Gasteiger partial charge in [0.05, 0.1) is 7.11 Å². The van der Waals surface area contributed by atoms with E-state index in [1.165, 1.54) is 27.1 Å². The number of ether oxygens (including phenoxy) is 2. The van der Waals surface area contributed by atoms with Crippen molar-refractivity contribution in [3.63, 3.8) is 0 Å². The molecule has 2 aromatic carbocycles. The van der Waals surface area contributed by atoms with Crippen LogP contribution in [0.1, 0.15) is 51.3 Å². The zero-order valence-electron chi connectivity index (χ0n) is 19.5. The van der Waals surface area contributed by atoms with Gasteiger partial charge in [-0.1, -0.05) is 89.7 Å². The normalized spacial score (nSPS) is 13.3. The van der Waals surface area contributed by atoms with Crippen molar-refractivity contribution in [3.05, 3.63) is 65.8 Å². The van der Waals surface area contributed by atoms with Crippen LogP contribution in [0, 0.1) is 0 Å². The Balaban J connectivity index is 2.38. The van der Waals surface area contributed by atoms with Gasteiger partial charge in [-0.15, -0.1) is 0 Å². The van der Waals surface area contributed by atoms with Crippen LogP contribution in [0.3, 0.4) is 0 Å². The molecule has 160 valence electrons. The molecule has 0 saturated carbocycles. The minimum atomic E-state index is -2.10. The Morgan fingerprint density at radius 3 is 2.43 bits per heavy atom. The van der Waals surface area contributed by atoms with Gasteiger partial charge in [-0.3, -0.25) is 0 Å². The van der Waals surface area contributed by atoms with Gasteiger partial charge in [0.25, 0.3) is 0 Å². The highest BCUT2D eigenvalue weighted by molar-refractivity contribution is 7.03. The van der Waals surface area contributed by atoms with Crippen molar-refractivity contribution in [2.75, 3.05) is 13.7 Å². The molecule has 0 fully saturated rings. The van der Waals surface area contributed by atoms with E-state index in [1.54, 1.807) is 7.11 Å². The number of allylic oxidation sites excluding steroid dienone is 1. The van der Waals surface area contributed by atoms with Gasteiger partial charge in [0.1, 0.15) is 26.2 Å². The fourth-order valence-corrected chi connectivity index (χ4v) is 9.34. The molecule has 2 nitrogen and oxygen atoms in total. The second-order valence-corrected chi connectivity index (χ2v) is 13.8. The molecular formula is C27H36O2Si. The van der Waals surface area contributed by atoms with Gasteiger partial charge < -0.3 is 9.47 Å². The monoisotopic (exact) mass is 420 g/mol. The van der Waals surface area contributed by atoms with E-state index in [-0.39, 0.29) is 5.41 Å². The predicted molar refractivity (Wildman–Crippen MR) is 133 cm³/mol. The van der Waals surface area contributed by atoms with Gasteiger partial charge >= 0.3 is 0 Å². The summed E-state index contributed by atoms with van der Waals surface area (Å²) in [6, 6.07) is 13.5. The van der Waals surface area contributed by atoms with Crippen LogP contribution in [0.2, 0.25) is 12.1 Å². The van der Waals surface area contributed by atoms with Crippen molar-refractivity contribution in [1.82, 2.24) is 0 Å². The second-order valence-electron chi connectivity index (χ2n) is 9.18. The van der Waals surface area contributed by atoms with E-state index in [0.717, 1.165) is 30.0 Å². The topological polar surface area (TPSA) is 18.5 Å². The lowest BCUT2D eigenvalue weighted by Crippen LogP contribution is -2.59. The molecule has 0 aromatic heterocycles. The zero-order chi connectivity index (χ0) is 21.9. The molecule has 0 bridgehead atoms. The van der Waals surface area contributed by atoms with Crippen LogP contribution in [0.4, 0.5) is 0 Å². The Morgan fingerprint density at radius 2 is 1.83 bits per heavy atom. The van der Waals surface area contributed by atoms with E-state index < -0.39 is 8.07 Å². The molecule has 3 heteroatoms. The third-order valence-corrected chi connectivity index (χ3v) is 11.8. The fourth-order valence-electron chi connectivity index (χ4n) is 4.80. The summed E-state index contributed by atoms with van der Waals surface area (Å²) >= 11 is 0. The van der Waals surface area contributed by atoms with Gasteiger partial charge in [0.2, 0.25) is 0 Å². The molecule has 30 heavy (non-hydrogen) atoms. The van der Waals surface area contributed by atoms with Crippen molar-refractivity contribution in [3.8, 4) is 11.5 Å². The molecule has 1 aliphatic carbocycles. The van der Waals surface area contributed by atoms with Gasteiger partial charge in [0.15, 0.2) is 0 Å². The minimum Gasteiger partial charge on any atom is -0.497 e. The van der Waals surface area contributed by atoms with E-state index in [9.17, 15) is 0 Å². The van der Waals surface area contributed by atoms with Crippen LogP contribution in [-0.4, -0.2) is 21.8 Å². The first-order valence-corrected chi connectivity index (χ1v) is 13.5. The highest BCUT2D eigenvalue weighted by Crippen LogP contribution is 2.37. The van der Waals surface area contributed by atoms with E-state index in [4.69, 9.17) is 9.47 Å². The van der Waals surface area contributed by atoms with Crippen LogP contribution in [0.25, 0.3) is 6.08 Å². The number of rotatable bonds is 8. The number of hydrogen-bond donors (Lipinski definition) is 0. The Bertz CT molecular complexity index is 946. The molecule has 0 radical (unpaired) electrons. The molecular weight excluding hydrogens is 384 g/mol. The summed E-state index contributed by atoms with van der Waals surface area (Å²) in [5.41, 5.74) is 4.03. The van der Waals surface area contributed by atoms with Crippen LogP contribution in [-0.2, 0) is 11.8 Å². The quantitative estimate of drug-likeness (QED) is 0.401. The Kier molecular flexibility index (Phi) is 6.61. The van der Waals surface area contributed by atoms with Crippen molar-refractivity contribution in [1.29, 1.82) is 0 Å². The smallest absolute Gasteiger partial charge is 0.123 e. The van der Waals surface area contributed by atoms with Gasteiger partial charge in [-0.05, 0) is 45.5 Å². The van der Waals surface area contributed by atoms with Gasteiger partial charge in [-0.25, -0.2) is 0 Å². The van der Waals surface area contributed by atoms with Crippen LogP contribution >= 0.6 is 0 Å². The summed E-state index contributed by atoms with van der Waals surface area (Å²) < 4.78 is 12.2. The highest BCUT2D eigenvalue weighted by atomic mass is 28.3. The molecule has 1 aliphatic rings. The molecule has 0 N–H and O–H groups in total. The largest absolute Gasteiger partial charge is 0.497 e. The Morgan fingerprint density at radius 1 is 1.10 bits per heavy atom. The molecule has 0 saturated heterocycles. The lowest BCUT2D eigenvalue weighted by atomic mass is 9.86. The molecule has 0 amide bonds. The maximum atomic E-state index is 6.44. The number of hydrogen-bond acceptors (Lipinski definition) is 2. The maximum Gasteiger partial charge on any atom is 0.123 e. The number of benzene rings is 2. The Labute approximate surface area is 183 Å². The SMILES string of the molecule is C=CCOc1c(C(C)(C)C)cc(OC)cc1[Si](CC)(CC)c1cccc2c1C=CC2. The first-order valence-electron chi connectivity index (χ1n) is 11.1. The van der Waals surface area contributed by atoms with Crippen molar-refractivity contribution in [2.24, 2.45) is 0 Å². The van der Waals surface area contributed by atoms with E-state index in [1.807, 2.05) is 6.08 Å². The van der Waals surface area contributed by atoms with Crippen LogP contribution in [0.5, 0.6) is 11.5 Å². The average Bonchev–Trinajstić information content (AvgIpc) is 3.22. The number of methoxy groups -OCH3 is 1. The highest BCUT2D eigenvalue weighted by Gasteiger charge is 2.40. The number of fused-ring (bicyclic) bond motifs is 1. The molecule has 3 rings (SSSR count). The average molecular weight is 421 g/mol. The van der Waals surface area contributed by atoms with Crippen molar-refractivity contribution >= 4 is 24.5 Å². The van der Waals surface area contributed by atoms with Crippen molar-refractivity contribution < 1.29 is 9.47 Å². The molecule has 2 aromatic rings. The molecule has 0 heterocycles. The summed E-state index contributed by atoms with van der Waals surface area (Å²) in [5, 5.41) is 2.88. The standard InChI is InChI=1S/C27H36O2Si/c1-8-17-29-26-23(27(4,5)6)18-21(28-7)19-25(26)30(9-2,10-3)24-16-12-14-20-13-11-15-22(20)24/h8,11-12,14-16,18-19H,1,9-10,13,17H2,2-7H3. The molecule has 0 aliphatic heterocycles. The lowest BCUT2D eigenvalue weighted by Gasteiger charge is -2.36. The Hall–Kier alpha value is -2.26. The minimum absolute atomic E-state index is 0.0556. The molecule has 0 spiro atoms. The summed E-state index contributed by atoms with van der Waals surface area (Å²) in [5.74, 6) is 1.96. The lowest BCUT2D eigenvalue weighted by molar-refractivity contribution is 0.351. The van der Waals surface area contributed by atoms with E-state index >= 15 is 0 Å². The predicted octanol–water partition coefficient (Wildman–Crippen LogP) is 5.73. The third kappa shape index (κ3) is 3.88. The first kappa shape index (κ1) is 22.4. The van der Waals surface area contributed by atoms with Crippen molar-refractivity contribution in [2.45, 2.75) is 58.5 Å². The van der Waals surface area contributed by atoms with E-state index in [2.05, 4.69) is 83.7 Å². The van der Waals surface area contributed by atoms with Crippen LogP contribution in [0.15, 0.2) is 49.1 Å². The maximum absolute atomic E-state index is 6.44. The second kappa shape index (κ2) is 8.85. The zero-order valence-corrected chi connectivity index (χ0v) is 20.5. The molecule has 0 unspecified atom stereocenters. The summed E-state index contributed by atoms with van der Waals surface area (Å²) in [6.07, 6.45) is 7.49.